The van der Waals surface area contributed by atoms with Crippen LogP contribution in [0.3, 0.4) is 0 Å². The molecule has 4 nitrogen and oxygen atoms in total. The molecule has 98 valence electrons. The van der Waals surface area contributed by atoms with Gasteiger partial charge < -0.3 is 5.73 Å². The van der Waals surface area contributed by atoms with E-state index in [4.69, 9.17) is 5.73 Å². The molecule has 1 amide bonds. The molecule has 2 aromatic carbocycles. The molecule has 0 aliphatic rings. The van der Waals surface area contributed by atoms with Gasteiger partial charge in [-0.25, -0.2) is 14.4 Å². The van der Waals surface area contributed by atoms with Crippen molar-refractivity contribution in [3.8, 4) is 11.3 Å². The summed E-state index contributed by atoms with van der Waals surface area (Å²) in [6.07, 6.45) is 0. The van der Waals surface area contributed by atoms with Crippen molar-refractivity contribution in [1.29, 1.82) is 0 Å². The number of amides is 1. The van der Waals surface area contributed by atoms with Crippen molar-refractivity contribution in [3.05, 3.63) is 60.0 Å². The molecule has 0 bridgehead atoms. The maximum Gasteiger partial charge on any atom is 0.269 e. The lowest BCUT2D eigenvalue weighted by atomic mass is 10.1. The van der Waals surface area contributed by atoms with Gasteiger partial charge in [-0.1, -0.05) is 24.3 Å². The summed E-state index contributed by atoms with van der Waals surface area (Å²) in [4.78, 5) is 20.1. The first kappa shape index (κ1) is 12.2. The molecule has 0 spiro atoms. The Kier molecular flexibility index (Phi) is 2.87. The SMILES string of the molecule is NC(=O)c1nc2ccccc2nc1-c1cccc(F)c1. The zero-order valence-corrected chi connectivity index (χ0v) is 10.4. The Labute approximate surface area is 114 Å². The van der Waals surface area contributed by atoms with E-state index in [1.807, 2.05) is 6.07 Å². The molecule has 2 N–H and O–H groups in total. The molecule has 3 rings (SSSR count). The van der Waals surface area contributed by atoms with E-state index in [-0.39, 0.29) is 11.4 Å². The molecular weight excluding hydrogens is 257 g/mol. The van der Waals surface area contributed by atoms with Gasteiger partial charge >= 0.3 is 0 Å². The second-order valence-electron chi connectivity index (χ2n) is 4.28. The fourth-order valence-corrected chi connectivity index (χ4v) is 2.01. The Morgan fingerprint density at radius 1 is 1.00 bits per heavy atom. The van der Waals surface area contributed by atoms with E-state index in [0.29, 0.717) is 16.6 Å². The number of hydrogen-bond acceptors (Lipinski definition) is 3. The van der Waals surface area contributed by atoms with Crippen LogP contribution in [0.1, 0.15) is 10.5 Å². The molecule has 0 radical (unpaired) electrons. The number of nitrogens with two attached hydrogens (primary N) is 1. The molecule has 0 fully saturated rings. The van der Waals surface area contributed by atoms with Gasteiger partial charge in [0.15, 0.2) is 5.69 Å². The highest BCUT2D eigenvalue weighted by Crippen LogP contribution is 2.23. The lowest BCUT2D eigenvalue weighted by Gasteiger charge is -2.07. The average Bonchev–Trinajstić information content (AvgIpc) is 2.46. The molecule has 0 saturated carbocycles. The summed E-state index contributed by atoms with van der Waals surface area (Å²) < 4.78 is 13.3. The van der Waals surface area contributed by atoms with Crippen LogP contribution in [0.25, 0.3) is 22.3 Å². The molecule has 3 aromatic rings. The Hall–Kier alpha value is -2.82. The first-order valence-corrected chi connectivity index (χ1v) is 5.97. The Balaban J connectivity index is 2.32. The van der Waals surface area contributed by atoms with Gasteiger partial charge in [-0.15, -0.1) is 0 Å². The van der Waals surface area contributed by atoms with Crippen molar-refractivity contribution in [3.63, 3.8) is 0 Å². The van der Waals surface area contributed by atoms with Crippen LogP contribution in [0.4, 0.5) is 4.39 Å². The smallest absolute Gasteiger partial charge is 0.269 e. The van der Waals surface area contributed by atoms with E-state index in [1.165, 1.54) is 12.1 Å². The lowest BCUT2D eigenvalue weighted by molar-refractivity contribution is 0.0996. The average molecular weight is 267 g/mol. The summed E-state index contributed by atoms with van der Waals surface area (Å²) in [5.74, 6) is -1.10. The van der Waals surface area contributed by atoms with Gasteiger partial charge in [0.1, 0.15) is 11.5 Å². The normalized spacial score (nSPS) is 10.7. The fraction of sp³-hybridized carbons (Fsp3) is 0. The number of primary amides is 1. The van der Waals surface area contributed by atoms with Crippen LogP contribution >= 0.6 is 0 Å². The Bertz CT molecular complexity index is 817. The van der Waals surface area contributed by atoms with Crippen LogP contribution in [0.15, 0.2) is 48.5 Å². The van der Waals surface area contributed by atoms with E-state index >= 15 is 0 Å². The summed E-state index contributed by atoms with van der Waals surface area (Å²) >= 11 is 0. The highest BCUT2D eigenvalue weighted by Gasteiger charge is 2.15. The highest BCUT2D eigenvalue weighted by molar-refractivity contribution is 5.99. The number of aromatic nitrogens is 2. The van der Waals surface area contributed by atoms with Gasteiger partial charge in [0.25, 0.3) is 5.91 Å². The zero-order valence-electron chi connectivity index (χ0n) is 10.4. The second-order valence-corrected chi connectivity index (χ2v) is 4.28. The monoisotopic (exact) mass is 267 g/mol. The summed E-state index contributed by atoms with van der Waals surface area (Å²) in [5.41, 5.74) is 7.33. The number of rotatable bonds is 2. The van der Waals surface area contributed by atoms with Gasteiger partial charge in [0, 0.05) is 5.56 Å². The minimum atomic E-state index is -0.692. The predicted molar refractivity (Wildman–Crippen MR) is 73.4 cm³/mol. The van der Waals surface area contributed by atoms with Crippen molar-refractivity contribution < 1.29 is 9.18 Å². The first-order chi connectivity index (χ1) is 9.65. The Morgan fingerprint density at radius 2 is 1.70 bits per heavy atom. The molecular formula is C15H10FN3O. The molecule has 1 aromatic heterocycles. The van der Waals surface area contributed by atoms with Crippen LogP contribution in [0.5, 0.6) is 0 Å². The van der Waals surface area contributed by atoms with E-state index in [0.717, 1.165) is 0 Å². The van der Waals surface area contributed by atoms with Crippen LogP contribution in [-0.2, 0) is 0 Å². The summed E-state index contributed by atoms with van der Waals surface area (Å²) in [6.45, 7) is 0. The van der Waals surface area contributed by atoms with Crippen LogP contribution in [0.2, 0.25) is 0 Å². The third-order valence-electron chi connectivity index (χ3n) is 2.90. The fourth-order valence-electron chi connectivity index (χ4n) is 2.01. The summed E-state index contributed by atoms with van der Waals surface area (Å²) in [7, 11) is 0. The predicted octanol–water partition coefficient (Wildman–Crippen LogP) is 2.53. The largest absolute Gasteiger partial charge is 0.364 e. The molecule has 0 aliphatic carbocycles. The van der Waals surface area contributed by atoms with Gasteiger partial charge in [-0.3, -0.25) is 4.79 Å². The van der Waals surface area contributed by atoms with Crippen LogP contribution in [0, 0.1) is 5.82 Å². The number of carbonyl (C=O) groups excluding carboxylic acids is 1. The maximum atomic E-state index is 13.3. The van der Waals surface area contributed by atoms with E-state index in [1.54, 1.807) is 30.3 Å². The van der Waals surface area contributed by atoms with E-state index in [2.05, 4.69) is 9.97 Å². The van der Waals surface area contributed by atoms with Gasteiger partial charge in [-0.2, -0.15) is 0 Å². The zero-order chi connectivity index (χ0) is 14.1. The van der Waals surface area contributed by atoms with Crippen molar-refractivity contribution in [2.24, 2.45) is 5.73 Å². The first-order valence-electron chi connectivity index (χ1n) is 5.97. The molecule has 1 heterocycles. The van der Waals surface area contributed by atoms with E-state index in [9.17, 15) is 9.18 Å². The number of nitrogens with zero attached hydrogens (tertiary/aromatic N) is 2. The molecule has 5 heteroatoms. The number of hydrogen-bond donors (Lipinski definition) is 1. The Morgan fingerprint density at radius 3 is 2.35 bits per heavy atom. The van der Waals surface area contributed by atoms with Crippen molar-refractivity contribution in [2.75, 3.05) is 0 Å². The van der Waals surface area contributed by atoms with Gasteiger partial charge in [0.05, 0.1) is 11.0 Å². The molecule has 0 aliphatic heterocycles. The van der Waals surface area contributed by atoms with E-state index < -0.39 is 11.7 Å². The number of carbonyl (C=O) groups is 1. The van der Waals surface area contributed by atoms with Gasteiger partial charge in [0.2, 0.25) is 0 Å². The number of para-hydroxylation sites is 2. The quantitative estimate of drug-likeness (QED) is 0.775. The second kappa shape index (κ2) is 4.70. The van der Waals surface area contributed by atoms with Crippen LogP contribution in [-0.4, -0.2) is 15.9 Å². The van der Waals surface area contributed by atoms with Crippen molar-refractivity contribution >= 4 is 16.9 Å². The van der Waals surface area contributed by atoms with Crippen molar-refractivity contribution in [2.45, 2.75) is 0 Å². The third-order valence-corrected chi connectivity index (χ3v) is 2.90. The van der Waals surface area contributed by atoms with Crippen molar-refractivity contribution in [1.82, 2.24) is 9.97 Å². The highest BCUT2D eigenvalue weighted by atomic mass is 19.1. The number of benzene rings is 2. The molecule has 20 heavy (non-hydrogen) atoms. The molecule has 0 atom stereocenters. The minimum absolute atomic E-state index is 0.0364. The van der Waals surface area contributed by atoms with Gasteiger partial charge in [-0.05, 0) is 24.3 Å². The lowest BCUT2D eigenvalue weighted by Crippen LogP contribution is -2.15. The topological polar surface area (TPSA) is 68.9 Å². The van der Waals surface area contributed by atoms with Crippen LogP contribution < -0.4 is 5.73 Å². The third kappa shape index (κ3) is 2.09. The molecule has 0 unspecified atom stereocenters. The minimum Gasteiger partial charge on any atom is -0.364 e. The summed E-state index contributed by atoms with van der Waals surface area (Å²) in [6, 6.07) is 13.0. The standard InChI is InChI=1S/C15H10FN3O/c16-10-5-3-4-9(8-10)13-14(15(17)20)19-12-7-2-1-6-11(12)18-13/h1-8H,(H2,17,20). The maximum absolute atomic E-state index is 13.3. The summed E-state index contributed by atoms with van der Waals surface area (Å²) in [5, 5.41) is 0. The molecule has 0 saturated heterocycles. The number of fused-ring (bicyclic) bond motifs is 1. The number of halogens is 1.